The quantitative estimate of drug-likeness (QED) is 0.455. The summed E-state index contributed by atoms with van der Waals surface area (Å²) in [6.45, 7) is 0. The van der Waals surface area contributed by atoms with E-state index in [1.807, 2.05) is 18.2 Å². The van der Waals surface area contributed by atoms with Gasteiger partial charge in [0.25, 0.3) is 0 Å². The maximum Gasteiger partial charge on any atom is 0.332 e. The number of fused-ring (bicyclic) bond motifs is 3. The van der Waals surface area contributed by atoms with Crippen LogP contribution < -0.4 is 4.74 Å². The van der Waals surface area contributed by atoms with Gasteiger partial charge in [0.2, 0.25) is 0 Å². The van der Waals surface area contributed by atoms with Crippen molar-refractivity contribution in [2.75, 3.05) is 0 Å². The maximum absolute atomic E-state index is 11.5. The number of nitriles is 1. The second-order valence-electron chi connectivity index (χ2n) is 3.77. The van der Waals surface area contributed by atoms with Crippen LogP contribution in [-0.4, -0.2) is 5.97 Å². The number of nitrogens with zero attached hydrogens (tertiary/aromatic N) is 1. The second kappa shape index (κ2) is 2.16. The van der Waals surface area contributed by atoms with Gasteiger partial charge in [0.05, 0.1) is 6.07 Å². The van der Waals surface area contributed by atoms with Crippen molar-refractivity contribution in [1.29, 1.82) is 5.26 Å². The highest BCUT2D eigenvalue weighted by atomic mass is 16.5. The number of carbonyl (C=O) groups is 1. The van der Waals surface area contributed by atoms with Gasteiger partial charge in [-0.15, -0.1) is 0 Å². The molecule has 1 saturated carbocycles. The Balaban J connectivity index is 2.17. The fourth-order valence-electron chi connectivity index (χ4n) is 2.09. The standard InChI is InChI=1S/C11H7NO2/c12-6-11-5-8(11)7-3-1-2-4-9(7)14-10(11)13/h1-4,8H,5H2/t8-,11+/m1/s1. The Bertz CT molecular complexity index is 474. The number of hydrogen-bond acceptors (Lipinski definition) is 3. The Labute approximate surface area is 80.9 Å². The van der Waals surface area contributed by atoms with Gasteiger partial charge in [0.1, 0.15) is 5.75 Å². The Kier molecular flexibility index (Phi) is 1.17. The molecule has 3 rings (SSSR count). The van der Waals surface area contributed by atoms with Crippen molar-refractivity contribution in [3.05, 3.63) is 29.8 Å². The highest BCUT2D eigenvalue weighted by Gasteiger charge is 2.66. The van der Waals surface area contributed by atoms with Gasteiger partial charge < -0.3 is 4.74 Å². The van der Waals surface area contributed by atoms with E-state index in [1.165, 1.54) is 0 Å². The van der Waals surface area contributed by atoms with Gasteiger partial charge in [-0.3, -0.25) is 0 Å². The summed E-state index contributed by atoms with van der Waals surface area (Å²) in [5.41, 5.74) is 0.127. The topological polar surface area (TPSA) is 50.1 Å². The second-order valence-corrected chi connectivity index (χ2v) is 3.77. The maximum atomic E-state index is 11.5. The molecule has 1 aromatic carbocycles. The number of para-hydroxylation sites is 1. The molecule has 0 radical (unpaired) electrons. The average Bonchev–Trinajstić information content (AvgIpc) is 2.95. The van der Waals surface area contributed by atoms with Gasteiger partial charge in [0.15, 0.2) is 5.41 Å². The molecule has 1 aromatic rings. The lowest BCUT2D eigenvalue weighted by atomic mass is 9.97. The number of esters is 1. The van der Waals surface area contributed by atoms with E-state index in [-0.39, 0.29) is 11.9 Å². The molecule has 0 aromatic heterocycles. The van der Waals surface area contributed by atoms with Crippen molar-refractivity contribution in [2.24, 2.45) is 5.41 Å². The fraction of sp³-hybridized carbons (Fsp3) is 0.273. The Morgan fingerprint density at radius 3 is 3.07 bits per heavy atom. The largest absolute Gasteiger partial charge is 0.425 e. The van der Waals surface area contributed by atoms with Crippen molar-refractivity contribution in [3.63, 3.8) is 0 Å². The van der Waals surface area contributed by atoms with E-state index in [0.29, 0.717) is 12.2 Å². The molecule has 0 saturated heterocycles. The third-order valence-electron chi connectivity index (χ3n) is 3.02. The van der Waals surface area contributed by atoms with Crippen LogP contribution in [-0.2, 0) is 4.79 Å². The van der Waals surface area contributed by atoms with Gasteiger partial charge in [-0.25, -0.2) is 4.79 Å². The van der Waals surface area contributed by atoms with Gasteiger partial charge >= 0.3 is 5.97 Å². The van der Waals surface area contributed by atoms with Crippen LogP contribution in [0.3, 0.4) is 0 Å². The molecule has 2 atom stereocenters. The molecule has 0 spiro atoms. The van der Waals surface area contributed by atoms with E-state index in [0.717, 1.165) is 5.56 Å². The van der Waals surface area contributed by atoms with E-state index in [2.05, 4.69) is 6.07 Å². The van der Waals surface area contributed by atoms with Crippen LogP contribution in [0, 0.1) is 16.7 Å². The van der Waals surface area contributed by atoms with Crippen molar-refractivity contribution in [2.45, 2.75) is 12.3 Å². The minimum Gasteiger partial charge on any atom is -0.425 e. The Morgan fingerprint density at radius 1 is 1.50 bits per heavy atom. The molecule has 3 nitrogen and oxygen atoms in total. The van der Waals surface area contributed by atoms with Crippen LogP contribution in [0.1, 0.15) is 17.9 Å². The first kappa shape index (κ1) is 7.57. The van der Waals surface area contributed by atoms with E-state index in [4.69, 9.17) is 10.00 Å². The van der Waals surface area contributed by atoms with Crippen LogP contribution >= 0.6 is 0 Å². The highest BCUT2D eigenvalue weighted by Crippen LogP contribution is 2.63. The highest BCUT2D eigenvalue weighted by molar-refractivity contribution is 5.90. The summed E-state index contributed by atoms with van der Waals surface area (Å²) in [7, 11) is 0. The van der Waals surface area contributed by atoms with Gasteiger partial charge in [-0.2, -0.15) is 5.26 Å². The fourth-order valence-corrected chi connectivity index (χ4v) is 2.09. The summed E-state index contributed by atoms with van der Waals surface area (Å²) in [4.78, 5) is 11.5. The normalized spacial score (nSPS) is 32.2. The molecule has 1 aliphatic heterocycles. The molecule has 3 heteroatoms. The molecule has 14 heavy (non-hydrogen) atoms. The number of benzene rings is 1. The zero-order chi connectivity index (χ0) is 9.76. The van der Waals surface area contributed by atoms with Crippen molar-refractivity contribution < 1.29 is 9.53 Å². The molecule has 2 aliphatic rings. The van der Waals surface area contributed by atoms with Crippen molar-refractivity contribution >= 4 is 5.97 Å². The lowest BCUT2D eigenvalue weighted by molar-refractivity contribution is -0.139. The summed E-state index contributed by atoms with van der Waals surface area (Å²) >= 11 is 0. The van der Waals surface area contributed by atoms with Crippen LogP contribution in [0.15, 0.2) is 24.3 Å². The lowest BCUT2D eigenvalue weighted by Crippen LogP contribution is -2.26. The first-order valence-electron chi connectivity index (χ1n) is 4.50. The molecular weight excluding hydrogens is 178 g/mol. The minimum atomic E-state index is -0.867. The van der Waals surface area contributed by atoms with Crippen LogP contribution in [0.4, 0.5) is 0 Å². The van der Waals surface area contributed by atoms with Gasteiger partial charge in [-0.1, -0.05) is 18.2 Å². The zero-order valence-electron chi connectivity index (χ0n) is 7.36. The Hall–Kier alpha value is -1.82. The molecule has 1 fully saturated rings. The third-order valence-corrected chi connectivity index (χ3v) is 3.02. The van der Waals surface area contributed by atoms with E-state index in [9.17, 15) is 4.79 Å². The van der Waals surface area contributed by atoms with Crippen molar-refractivity contribution in [3.8, 4) is 11.8 Å². The van der Waals surface area contributed by atoms with Crippen molar-refractivity contribution in [1.82, 2.24) is 0 Å². The predicted molar refractivity (Wildman–Crippen MR) is 47.5 cm³/mol. The van der Waals surface area contributed by atoms with E-state index >= 15 is 0 Å². The number of carbonyl (C=O) groups excluding carboxylic acids is 1. The van der Waals surface area contributed by atoms with Gasteiger partial charge in [-0.05, 0) is 12.5 Å². The zero-order valence-corrected chi connectivity index (χ0v) is 7.36. The SMILES string of the molecule is N#C[C@@]12C[C@@H]1c1ccccc1OC2=O. The van der Waals surface area contributed by atoms with E-state index < -0.39 is 5.41 Å². The van der Waals surface area contributed by atoms with Gasteiger partial charge in [0, 0.05) is 11.5 Å². The Morgan fingerprint density at radius 2 is 2.29 bits per heavy atom. The predicted octanol–water partition coefficient (Wildman–Crippen LogP) is 1.60. The first-order valence-corrected chi connectivity index (χ1v) is 4.50. The first-order chi connectivity index (χ1) is 6.78. The number of hydrogen-bond donors (Lipinski definition) is 0. The summed E-state index contributed by atoms with van der Waals surface area (Å²) in [5, 5.41) is 8.94. The molecule has 0 N–H and O–H groups in total. The molecule has 0 unspecified atom stereocenters. The minimum absolute atomic E-state index is 0.0601. The molecule has 0 amide bonds. The summed E-state index contributed by atoms with van der Waals surface area (Å²) < 4.78 is 5.12. The summed E-state index contributed by atoms with van der Waals surface area (Å²) in [5.74, 6) is 0.291. The number of rotatable bonds is 0. The smallest absolute Gasteiger partial charge is 0.332 e. The van der Waals surface area contributed by atoms with E-state index in [1.54, 1.807) is 6.07 Å². The molecule has 1 aliphatic carbocycles. The van der Waals surface area contributed by atoms with Crippen LogP contribution in [0.2, 0.25) is 0 Å². The van der Waals surface area contributed by atoms with Crippen LogP contribution in [0.25, 0.3) is 0 Å². The van der Waals surface area contributed by atoms with Crippen LogP contribution in [0.5, 0.6) is 5.75 Å². The number of ether oxygens (including phenoxy) is 1. The molecule has 68 valence electrons. The monoisotopic (exact) mass is 185 g/mol. The average molecular weight is 185 g/mol. The lowest BCUT2D eigenvalue weighted by Gasteiger charge is -2.17. The molecule has 0 bridgehead atoms. The third kappa shape index (κ3) is 0.693. The molecule has 1 heterocycles. The summed E-state index contributed by atoms with van der Waals surface area (Å²) in [6, 6.07) is 9.49. The molecular formula is C11H7NO2. The summed E-state index contributed by atoms with van der Waals surface area (Å²) in [6.07, 6.45) is 0.610.